The van der Waals surface area contributed by atoms with Gasteiger partial charge in [0, 0.05) is 10.7 Å². The fourth-order valence-electron chi connectivity index (χ4n) is 1.69. The van der Waals surface area contributed by atoms with Gasteiger partial charge in [-0.05, 0) is 29.3 Å². The van der Waals surface area contributed by atoms with Crippen LogP contribution in [0.5, 0.6) is 0 Å². The van der Waals surface area contributed by atoms with Crippen LogP contribution in [-0.4, -0.2) is 4.98 Å². The van der Waals surface area contributed by atoms with E-state index in [9.17, 15) is 8.78 Å². The Morgan fingerprint density at radius 2 is 1.94 bits per heavy atom. The minimum Gasteiger partial charge on any atom is -0.271 e. The van der Waals surface area contributed by atoms with Gasteiger partial charge in [-0.2, -0.15) is 0 Å². The van der Waals surface area contributed by atoms with E-state index in [0.717, 1.165) is 6.20 Å². The van der Waals surface area contributed by atoms with Crippen molar-refractivity contribution in [3.8, 4) is 0 Å². The molecule has 6 heteroatoms. The van der Waals surface area contributed by atoms with E-state index >= 15 is 0 Å². The molecule has 0 bridgehead atoms. The summed E-state index contributed by atoms with van der Waals surface area (Å²) in [5, 5.41) is 0. The zero-order chi connectivity index (χ0) is 13.1. The molecular weight excluding hydrogens is 304 g/mol. The molecule has 0 spiro atoms. The van der Waals surface area contributed by atoms with Crippen molar-refractivity contribution in [3.05, 3.63) is 63.9 Å². The molecule has 0 aliphatic rings. The van der Waals surface area contributed by atoms with Gasteiger partial charge in [0.05, 0.1) is 12.2 Å². The van der Waals surface area contributed by atoms with Gasteiger partial charge in [0.1, 0.15) is 11.6 Å². The molecule has 1 aromatic heterocycles. The van der Waals surface area contributed by atoms with E-state index in [4.69, 9.17) is 5.84 Å². The van der Waals surface area contributed by atoms with Crippen molar-refractivity contribution in [1.29, 1.82) is 0 Å². The van der Waals surface area contributed by atoms with E-state index in [-0.39, 0.29) is 5.82 Å². The Balaban J connectivity index is 2.45. The number of nitrogens with two attached hydrogens (primary N) is 1. The molecule has 0 amide bonds. The molecule has 1 heterocycles. The number of hydrazine groups is 1. The molecule has 1 aromatic carbocycles. The van der Waals surface area contributed by atoms with Crippen molar-refractivity contribution < 1.29 is 8.78 Å². The number of nitrogens with one attached hydrogen (secondary N) is 1. The molecule has 0 radical (unpaired) electrons. The Bertz CT molecular complexity index is 563. The predicted octanol–water partition coefficient (Wildman–Crippen LogP) is 2.68. The number of pyridine rings is 1. The lowest BCUT2D eigenvalue weighted by atomic mass is 10.0. The van der Waals surface area contributed by atoms with Gasteiger partial charge in [0.2, 0.25) is 0 Å². The number of hydrogen-bond donors (Lipinski definition) is 2. The minimum absolute atomic E-state index is 0.362. The van der Waals surface area contributed by atoms with Gasteiger partial charge in [-0.15, -0.1) is 0 Å². The summed E-state index contributed by atoms with van der Waals surface area (Å²) in [6.45, 7) is 0. The van der Waals surface area contributed by atoms with E-state index in [1.807, 2.05) is 0 Å². The first-order valence-corrected chi connectivity index (χ1v) is 5.92. The standard InChI is InChI=1S/C12H10BrF2N3/c13-11-4-8(14)1-2-10(11)12(18-16)7-3-9(15)6-17-5-7/h1-6,12,18H,16H2. The number of halogens is 3. The number of aromatic nitrogens is 1. The first-order valence-electron chi connectivity index (χ1n) is 5.13. The second-order valence-electron chi connectivity index (χ2n) is 3.70. The highest BCUT2D eigenvalue weighted by atomic mass is 79.9. The predicted molar refractivity (Wildman–Crippen MR) is 67.5 cm³/mol. The summed E-state index contributed by atoms with van der Waals surface area (Å²) >= 11 is 3.25. The zero-order valence-corrected chi connectivity index (χ0v) is 10.8. The van der Waals surface area contributed by atoms with Gasteiger partial charge >= 0.3 is 0 Å². The highest BCUT2D eigenvalue weighted by Crippen LogP contribution is 2.28. The number of hydrogen-bond acceptors (Lipinski definition) is 3. The molecule has 0 fully saturated rings. The van der Waals surface area contributed by atoms with Crippen LogP contribution in [0.1, 0.15) is 17.2 Å². The average Bonchev–Trinajstić information content (AvgIpc) is 2.33. The molecular formula is C12H10BrF2N3. The summed E-state index contributed by atoms with van der Waals surface area (Å²) in [6, 6.07) is 5.08. The molecule has 3 N–H and O–H groups in total. The summed E-state index contributed by atoms with van der Waals surface area (Å²) in [6.07, 6.45) is 2.61. The Hall–Kier alpha value is -1.37. The molecule has 2 aromatic rings. The van der Waals surface area contributed by atoms with E-state index in [1.54, 1.807) is 6.07 Å². The van der Waals surface area contributed by atoms with Gasteiger partial charge in [0.25, 0.3) is 0 Å². The zero-order valence-electron chi connectivity index (χ0n) is 9.20. The van der Waals surface area contributed by atoms with Crippen LogP contribution in [0.4, 0.5) is 8.78 Å². The molecule has 0 saturated carbocycles. The van der Waals surface area contributed by atoms with Crippen LogP contribution in [0, 0.1) is 11.6 Å². The Morgan fingerprint density at radius 1 is 1.17 bits per heavy atom. The first-order chi connectivity index (χ1) is 8.61. The Labute approximate surface area is 111 Å². The van der Waals surface area contributed by atoms with Crippen LogP contribution in [0.25, 0.3) is 0 Å². The summed E-state index contributed by atoms with van der Waals surface area (Å²) in [5.74, 6) is 4.66. The maximum Gasteiger partial charge on any atom is 0.141 e. The quantitative estimate of drug-likeness (QED) is 0.676. The van der Waals surface area contributed by atoms with Crippen LogP contribution in [0.3, 0.4) is 0 Å². The smallest absolute Gasteiger partial charge is 0.141 e. The molecule has 0 aliphatic heterocycles. The summed E-state index contributed by atoms with van der Waals surface area (Å²) in [7, 11) is 0. The number of rotatable bonds is 3. The van der Waals surface area contributed by atoms with Crippen LogP contribution < -0.4 is 11.3 Å². The highest BCUT2D eigenvalue weighted by Gasteiger charge is 2.16. The topological polar surface area (TPSA) is 50.9 Å². The van der Waals surface area contributed by atoms with Gasteiger partial charge in [-0.1, -0.05) is 22.0 Å². The van der Waals surface area contributed by atoms with Crippen LogP contribution >= 0.6 is 15.9 Å². The maximum atomic E-state index is 13.1. The molecule has 0 saturated heterocycles. The molecule has 1 unspecified atom stereocenters. The highest BCUT2D eigenvalue weighted by molar-refractivity contribution is 9.10. The average molecular weight is 314 g/mol. The lowest BCUT2D eigenvalue weighted by Gasteiger charge is -2.18. The van der Waals surface area contributed by atoms with E-state index in [1.165, 1.54) is 24.4 Å². The SMILES string of the molecule is NNC(c1cncc(F)c1)c1ccc(F)cc1Br. The van der Waals surface area contributed by atoms with Crippen molar-refractivity contribution in [1.82, 2.24) is 10.4 Å². The minimum atomic E-state index is -0.469. The molecule has 94 valence electrons. The third kappa shape index (κ3) is 2.72. The van der Waals surface area contributed by atoms with Crippen LogP contribution in [-0.2, 0) is 0 Å². The van der Waals surface area contributed by atoms with Crippen molar-refractivity contribution in [3.63, 3.8) is 0 Å². The summed E-state index contributed by atoms with van der Waals surface area (Å²) < 4.78 is 26.7. The normalized spacial score (nSPS) is 12.4. The van der Waals surface area contributed by atoms with E-state index in [0.29, 0.717) is 15.6 Å². The fourth-order valence-corrected chi connectivity index (χ4v) is 2.27. The lowest BCUT2D eigenvalue weighted by molar-refractivity contribution is 0.593. The van der Waals surface area contributed by atoms with Crippen LogP contribution in [0.15, 0.2) is 41.1 Å². The largest absolute Gasteiger partial charge is 0.271 e. The van der Waals surface area contributed by atoms with Gasteiger partial charge in [0.15, 0.2) is 0 Å². The van der Waals surface area contributed by atoms with Crippen LogP contribution in [0.2, 0.25) is 0 Å². The third-order valence-corrected chi connectivity index (χ3v) is 3.19. The van der Waals surface area contributed by atoms with Crippen molar-refractivity contribution >= 4 is 15.9 Å². The lowest BCUT2D eigenvalue weighted by Crippen LogP contribution is -2.29. The van der Waals surface area contributed by atoms with Crippen molar-refractivity contribution in [2.24, 2.45) is 5.84 Å². The number of benzene rings is 1. The van der Waals surface area contributed by atoms with E-state index < -0.39 is 11.9 Å². The van der Waals surface area contributed by atoms with Crippen molar-refractivity contribution in [2.75, 3.05) is 0 Å². The molecule has 3 nitrogen and oxygen atoms in total. The third-order valence-electron chi connectivity index (χ3n) is 2.50. The monoisotopic (exact) mass is 313 g/mol. The molecule has 0 aliphatic carbocycles. The fraction of sp³-hybridized carbons (Fsp3) is 0.0833. The first kappa shape index (κ1) is 13.1. The molecule has 2 rings (SSSR count). The van der Waals surface area contributed by atoms with Gasteiger partial charge in [-0.25, -0.2) is 14.2 Å². The Kier molecular flexibility index (Phi) is 4.00. The van der Waals surface area contributed by atoms with Crippen molar-refractivity contribution in [2.45, 2.75) is 6.04 Å². The maximum absolute atomic E-state index is 13.1. The second kappa shape index (κ2) is 5.51. The number of nitrogens with zero attached hydrogens (tertiary/aromatic N) is 1. The van der Waals surface area contributed by atoms with Gasteiger partial charge < -0.3 is 0 Å². The summed E-state index contributed by atoms with van der Waals surface area (Å²) in [5.41, 5.74) is 3.82. The van der Waals surface area contributed by atoms with E-state index in [2.05, 4.69) is 26.3 Å². The summed E-state index contributed by atoms with van der Waals surface area (Å²) in [4.78, 5) is 3.77. The Morgan fingerprint density at radius 3 is 2.56 bits per heavy atom. The molecule has 18 heavy (non-hydrogen) atoms. The van der Waals surface area contributed by atoms with Gasteiger partial charge in [-0.3, -0.25) is 10.8 Å². The molecule has 1 atom stereocenters. The second-order valence-corrected chi connectivity index (χ2v) is 4.56.